The molecule has 1 atom stereocenters. The third-order valence-electron chi connectivity index (χ3n) is 4.83. The Kier molecular flexibility index (Phi) is 3.95. The molecule has 6 nitrogen and oxygen atoms in total. The Hall–Kier alpha value is -2.41. The zero-order valence-electron chi connectivity index (χ0n) is 13.7. The lowest BCUT2D eigenvalue weighted by Crippen LogP contribution is -2.45. The van der Waals surface area contributed by atoms with Crippen LogP contribution in [0.3, 0.4) is 0 Å². The van der Waals surface area contributed by atoms with Crippen molar-refractivity contribution in [2.24, 2.45) is 0 Å². The van der Waals surface area contributed by atoms with Crippen LogP contribution in [-0.4, -0.2) is 40.3 Å². The van der Waals surface area contributed by atoms with E-state index < -0.39 is 5.60 Å². The highest BCUT2D eigenvalue weighted by Gasteiger charge is 2.46. The van der Waals surface area contributed by atoms with Crippen LogP contribution in [0.5, 0.6) is 5.75 Å². The van der Waals surface area contributed by atoms with Crippen LogP contribution in [0, 0.1) is 0 Å². The minimum absolute atomic E-state index is 0.0679. The van der Waals surface area contributed by atoms with E-state index in [2.05, 4.69) is 4.98 Å². The van der Waals surface area contributed by atoms with E-state index in [-0.39, 0.29) is 11.7 Å². The zero-order chi connectivity index (χ0) is 17.4. The van der Waals surface area contributed by atoms with E-state index in [1.54, 1.807) is 11.0 Å². The number of ether oxygens (including phenoxy) is 1. The molecule has 2 aliphatic rings. The van der Waals surface area contributed by atoms with Crippen LogP contribution in [0.1, 0.15) is 35.3 Å². The van der Waals surface area contributed by atoms with Crippen LogP contribution >= 0.6 is 11.3 Å². The molecule has 1 aromatic heterocycles. The van der Waals surface area contributed by atoms with Gasteiger partial charge in [0.2, 0.25) is 5.91 Å². The van der Waals surface area contributed by atoms with Gasteiger partial charge in [-0.05, 0) is 18.6 Å². The van der Waals surface area contributed by atoms with Gasteiger partial charge in [-0.15, -0.1) is 11.3 Å². The molecular formula is C18H19N3O3S. The molecule has 2 aromatic rings. The molecule has 0 radical (unpaired) electrons. The Morgan fingerprint density at radius 3 is 3.04 bits per heavy atom. The summed E-state index contributed by atoms with van der Waals surface area (Å²) in [6, 6.07) is 7.32. The smallest absolute Gasteiger partial charge is 0.223 e. The monoisotopic (exact) mass is 357 g/mol. The van der Waals surface area contributed by atoms with Crippen molar-refractivity contribution in [3.8, 4) is 5.75 Å². The van der Waals surface area contributed by atoms with Gasteiger partial charge in [-0.2, -0.15) is 0 Å². The molecule has 3 heterocycles. The number of anilines is 1. The number of carbonyl (C=O) groups excluding carboxylic acids is 2. The fraction of sp³-hybridized carbons (Fsp3) is 0.389. The number of nitrogen functional groups attached to an aromatic ring is 1. The number of carbonyl (C=O) groups is 2. The molecular weight excluding hydrogens is 338 g/mol. The summed E-state index contributed by atoms with van der Waals surface area (Å²) in [5.74, 6) is 0.790. The maximum atomic E-state index is 12.5. The number of hydrogen-bond donors (Lipinski definition) is 1. The second-order valence-corrected chi connectivity index (χ2v) is 7.51. The number of thiazole rings is 1. The molecule has 1 aromatic carbocycles. The number of aromatic nitrogens is 1. The number of para-hydroxylation sites is 1. The molecule has 0 bridgehead atoms. The van der Waals surface area contributed by atoms with Crippen LogP contribution in [-0.2, 0) is 11.2 Å². The molecule has 2 N–H and O–H groups in total. The van der Waals surface area contributed by atoms with E-state index in [0.29, 0.717) is 55.2 Å². The van der Waals surface area contributed by atoms with E-state index in [1.807, 2.05) is 23.6 Å². The highest BCUT2D eigenvalue weighted by atomic mass is 32.1. The fourth-order valence-corrected chi connectivity index (χ4v) is 4.16. The largest absolute Gasteiger partial charge is 0.484 e. The van der Waals surface area contributed by atoms with Crippen LogP contribution in [0.25, 0.3) is 0 Å². The summed E-state index contributed by atoms with van der Waals surface area (Å²) in [5.41, 5.74) is 6.53. The second kappa shape index (κ2) is 6.15. The number of amides is 1. The first-order valence-electron chi connectivity index (χ1n) is 8.34. The molecule has 25 heavy (non-hydrogen) atoms. The van der Waals surface area contributed by atoms with E-state index >= 15 is 0 Å². The molecule has 1 amide bonds. The number of Topliss-reactive ketones (excluding diaryl/α,β-unsaturated/α-hetero) is 1. The average molecular weight is 357 g/mol. The topological polar surface area (TPSA) is 85.5 Å². The molecule has 4 rings (SSSR count). The molecule has 0 aliphatic carbocycles. The molecule has 1 spiro atoms. The Morgan fingerprint density at radius 1 is 1.40 bits per heavy atom. The highest BCUT2D eigenvalue weighted by molar-refractivity contribution is 7.13. The van der Waals surface area contributed by atoms with Gasteiger partial charge in [0.15, 0.2) is 10.9 Å². The second-order valence-electron chi connectivity index (χ2n) is 6.62. The van der Waals surface area contributed by atoms with Crippen molar-refractivity contribution in [2.75, 3.05) is 18.8 Å². The molecule has 0 unspecified atom stereocenters. The van der Waals surface area contributed by atoms with Gasteiger partial charge in [0.25, 0.3) is 0 Å². The summed E-state index contributed by atoms with van der Waals surface area (Å²) in [6.07, 6.45) is 1.99. The number of likely N-dealkylation sites (tertiary alicyclic amines) is 1. The first-order chi connectivity index (χ1) is 12.0. The van der Waals surface area contributed by atoms with E-state index in [0.717, 1.165) is 5.69 Å². The fourth-order valence-electron chi connectivity index (χ4n) is 3.56. The summed E-state index contributed by atoms with van der Waals surface area (Å²) >= 11 is 1.38. The highest BCUT2D eigenvalue weighted by Crippen LogP contribution is 2.38. The molecule has 130 valence electrons. The minimum Gasteiger partial charge on any atom is -0.484 e. The van der Waals surface area contributed by atoms with Gasteiger partial charge >= 0.3 is 0 Å². The lowest BCUT2D eigenvalue weighted by Gasteiger charge is -2.34. The SMILES string of the molecule is Nc1nc(CCC(=O)N2CC[C@]3(CC(=O)c4ccccc4O3)C2)cs1. The van der Waals surface area contributed by atoms with Gasteiger partial charge in [0.1, 0.15) is 11.4 Å². The predicted octanol–water partition coefficient (Wildman–Crippen LogP) is 2.29. The summed E-state index contributed by atoms with van der Waals surface area (Å²) in [4.78, 5) is 30.9. The van der Waals surface area contributed by atoms with Crippen molar-refractivity contribution in [3.63, 3.8) is 0 Å². The van der Waals surface area contributed by atoms with E-state index in [1.165, 1.54) is 11.3 Å². The number of benzene rings is 1. The Labute approximate surface area is 149 Å². The first-order valence-corrected chi connectivity index (χ1v) is 9.22. The maximum absolute atomic E-state index is 12.5. The van der Waals surface area contributed by atoms with Crippen molar-refractivity contribution >= 4 is 28.2 Å². The molecule has 1 saturated heterocycles. The van der Waals surface area contributed by atoms with Crippen molar-refractivity contribution in [1.29, 1.82) is 0 Å². The van der Waals surface area contributed by atoms with Gasteiger partial charge in [0.05, 0.1) is 24.2 Å². The molecule has 0 saturated carbocycles. The van der Waals surface area contributed by atoms with Gasteiger partial charge in [-0.1, -0.05) is 12.1 Å². The number of ketones is 1. The minimum atomic E-state index is -0.577. The molecule has 2 aliphatic heterocycles. The predicted molar refractivity (Wildman–Crippen MR) is 94.8 cm³/mol. The van der Waals surface area contributed by atoms with Crippen LogP contribution in [0.15, 0.2) is 29.6 Å². The summed E-state index contributed by atoms with van der Waals surface area (Å²) < 4.78 is 6.16. The van der Waals surface area contributed by atoms with Gasteiger partial charge < -0.3 is 15.4 Å². The average Bonchev–Trinajstić information content (AvgIpc) is 3.19. The van der Waals surface area contributed by atoms with Crippen molar-refractivity contribution < 1.29 is 14.3 Å². The third kappa shape index (κ3) is 3.11. The standard InChI is InChI=1S/C18H19N3O3S/c19-17-20-12(10-25-17)5-6-16(23)21-8-7-18(11-21)9-14(22)13-3-1-2-4-15(13)24-18/h1-4,10H,5-9,11H2,(H2,19,20)/t18-/m0/s1. The van der Waals surface area contributed by atoms with Gasteiger partial charge in [-0.25, -0.2) is 4.98 Å². The summed E-state index contributed by atoms with van der Waals surface area (Å²) in [5, 5.41) is 2.41. The van der Waals surface area contributed by atoms with Crippen molar-refractivity contribution in [1.82, 2.24) is 9.88 Å². The molecule has 7 heteroatoms. The van der Waals surface area contributed by atoms with Gasteiger partial charge in [-0.3, -0.25) is 9.59 Å². The van der Waals surface area contributed by atoms with E-state index in [9.17, 15) is 9.59 Å². The third-order valence-corrected chi connectivity index (χ3v) is 5.55. The Balaban J connectivity index is 1.41. The quantitative estimate of drug-likeness (QED) is 0.911. The number of hydrogen-bond acceptors (Lipinski definition) is 6. The van der Waals surface area contributed by atoms with Crippen molar-refractivity contribution in [2.45, 2.75) is 31.3 Å². The Bertz CT molecular complexity index is 834. The first kappa shape index (κ1) is 16.1. The lowest BCUT2D eigenvalue weighted by atomic mass is 9.89. The number of rotatable bonds is 3. The summed E-state index contributed by atoms with van der Waals surface area (Å²) in [6.45, 7) is 1.08. The molecule has 1 fully saturated rings. The van der Waals surface area contributed by atoms with Crippen LogP contribution in [0.4, 0.5) is 5.13 Å². The maximum Gasteiger partial charge on any atom is 0.223 e. The van der Waals surface area contributed by atoms with Gasteiger partial charge in [0, 0.05) is 24.8 Å². The van der Waals surface area contributed by atoms with Crippen LogP contribution in [0.2, 0.25) is 0 Å². The number of aryl methyl sites for hydroxylation is 1. The lowest BCUT2D eigenvalue weighted by molar-refractivity contribution is -0.131. The number of fused-ring (bicyclic) bond motifs is 1. The number of nitrogens with zero attached hydrogens (tertiary/aromatic N) is 2. The number of nitrogens with two attached hydrogens (primary N) is 1. The Morgan fingerprint density at radius 2 is 2.24 bits per heavy atom. The zero-order valence-corrected chi connectivity index (χ0v) is 14.6. The summed E-state index contributed by atoms with van der Waals surface area (Å²) in [7, 11) is 0. The normalized spacial score (nSPS) is 22.1. The van der Waals surface area contributed by atoms with E-state index in [4.69, 9.17) is 10.5 Å². The van der Waals surface area contributed by atoms with Crippen LogP contribution < -0.4 is 10.5 Å². The van der Waals surface area contributed by atoms with Crippen molar-refractivity contribution in [3.05, 3.63) is 40.9 Å².